The van der Waals surface area contributed by atoms with Gasteiger partial charge >= 0.3 is 0 Å². The van der Waals surface area contributed by atoms with Crippen LogP contribution in [0.1, 0.15) is 20.8 Å². The molecule has 0 heterocycles. The number of rotatable bonds is 4. The highest BCUT2D eigenvalue weighted by Crippen LogP contribution is 2.16. The van der Waals surface area contributed by atoms with Crippen molar-refractivity contribution in [3.8, 4) is 0 Å². The molecule has 0 aliphatic carbocycles. The predicted molar refractivity (Wildman–Crippen MR) is 50.2 cm³/mol. The van der Waals surface area contributed by atoms with E-state index in [1.54, 1.807) is 5.49 Å². The Morgan fingerprint density at radius 3 is 2.20 bits per heavy atom. The summed E-state index contributed by atoms with van der Waals surface area (Å²) in [6.07, 6.45) is 1.89. The standard InChI is InChI=1S/C8H15NS/c1-5-8(4,7(2)3)9-6-10/h5-7H,1H2,2-4H3,(H,9,10)/t8-/m0/s1. The molecule has 2 heteroatoms. The molecular weight excluding hydrogens is 142 g/mol. The summed E-state index contributed by atoms with van der Waals surface area (Å²) in [5.74, 6) is 0.504. The van der Waals surface area contributed by atoms with Gasteiger partial charge in [0, 0.05) is 0 Å². The number of hydrogen-bond acceptors (Lipinski definition) is 1. The minimum absolute atomic E-state index is 0.0538. The fourth-order valence-electron chi connectivity index (χ4n) is 0.588. The molecule has 1 N–H and O–H groups in total. The van der Waals surface area contributed by atoms with Crippen LogP contribution in [0.25, 0.3) is 0 Å². The summed E-state index contributed by atoms with van der Waals surface area (Å²) in [7, 11) is 0. The van der Waals surface area contributed by atoms with Gasteiger partial charge in [0.1, 0.15) is 0 Å². The van der Waals surface area contributed by atoms with Crippen LogP contribution in [-0.4, -0.2) is 11.0 Å². The zero-order chi connectivity index (χ0) is 8.20. The lowest BCUT2D eigenvalue weighted by Crippen LogP contribution is -2.43. The summed E-state index contributed by atoms with van der Waals surface area (Å²) >= 11 is 4.70. The summed E-state index contributed by atoms with van der Waals surface area (Å²) in [4.78, 5) is 0. The lowest BCUT2D eigenvalue weighted by Gasteiger charge is -2.30. The maximum atomic E-state index is 4.70. The van der Waals surface area contributed by atoms with Crippen molar-refractivity contribution in [2.75, 3.05) is 0 Å². The molecule has 1 atom stereocenters. The topological polar surface area (TPSA) is 12.0 Å². The van der Waals surface area contributed by atoms with Gasteiger partial charge in [-0.1, -0.05) is 32.1 Å². The Morgan fingerprint density at radius 2 is 2.10 bits per heavy atom. The van der Waals surface area contributed by atoms with Gasteiger partial charge in [0.2, 0.25) is 0 Å². The van der Waals surface area contributed by atoms with Crippen LogP contribution < -0.4 is 5.32 Å². The second-order valence-electron chi connectivity index (χ2n) is 2.90. The van der Waals surface area contributed by atoms with Gasteiger partial charge in [-0.25, -0.2) is 0 Å². The van der Waals surface area contributed by atoms with Crippen molar-refractivity contribution in [1.82, 2.24) is 5.32 Å². The first kappa shape index (κ1) is 9.63. The summed E-state index contributed by atoms with van der Waals surface area (Å²) in [6.45, 7) is 10.1. The average molecular weight is 157 g/mol. The molecule has 10 heavy (non-hydrogen) atoms. The summed E-state index contributed by atoms with van der Waals surface area (Å²) in [6, 6.07) is 0. The lowest BCUT2D eigenvalue weighted by atomic mass is 9.89. The third-order valence-electron chi connectivity index (χ3n) is 1.99. The van der Waals surface area contributed by atoms with E-state index in [2.05, 4.69) is 32.7 Å². The fraction of sp³-hybridized carbons (Fsp3) is 0.625. The predicted octanol–water partition coefficient (Wildman–Crippen LogP) is 2.13. The van der Waals surface area contributed by atoms with Crippen molar-refractivity contribution < 1.29 is 0 Å². The van der Waals surface area contributed by atoms with Crippen molar-refractivity contribution in [1.29, 1.82) is 0 Å². The van der Waals surface area contributed by atoms with E-state index in [4.69, 9.17) is 12.2 Å². The molecule has 1 nitrogen and oxygen atoms in total. The maximum Gasteiger partial charge on any atom is 0.0621 e. The Hall–Kier alpha value is -0.370. The van der Waals surface area contributed by atoms with Gasteiger partial charge in [0.25, 0.3) is 0 Å². The summed E-state index contributed by atoms with van der Waals surface area (Å²) < 4.78 is 0. The smallest absolute Gasteiger partial charge is 0.0621 e. The second-order valence-corrected chi connectivity index (χ2v) is 3.14. The molecular formula is C8H15NS. The number of hydrogen-bond donors (Lipinski definition) is 1. The fourth-order valence-corrected chi connectivity index (χ4v) is 0.842. The van der Waals surface area contributed by atoms with E-state index < -0.39 is 0 Å². The SMILES string of the molecule is C=C[C@](C)(NC=S)C(C)C. The van der Waals surface area contributed by atoms with E-state index in [0.29, 0.717) is 5.92 Å². The van der Waals surface area contributed by atoms with Crippen molar-refractivity contribution in [3.05, 3.63) is 12.7 Å². The van der Waals surface area contributed by atoms with E-state index in [1.807, 2.05) is 6.08 Å². The van der Waals surface area contributed by atoms with Crippen LogP contribution in [0, 0.1) is 5.92 Å². The summed E-state index contributed by atoms with van der Waals surface area (Å²) in [5.41, 5.74) is 1.49. The normalized spacial score (nSPS) is 16.0. The van der Waals surface area contributed by atoms with Crippen molar-refractivity contribution in [2.45, 2.75) is 26.3 Å². The molecule has 0 saturated heterocycles. The van der Waals surface area contributed by atoms with Gasteiger partial charge in [-0.15, -0.1) is 6.58 Å². The van der Waals surface area contributed by atoms with E-state index in [-0.39, 0.29) is 5.54 Å². The quantitative estimate of drug-likeness (QED) is 0.495. The highest BCUT2D eigenvalue weighted by molar-refractivity contribution is 7.78. The molecule has 0 aliphatic rings. The van der Waals surface area contributed by atoms with Gasteiger partial charge < -0.3 is 5.32 Å². The van der Waals surface area contributed by atoms with Gasteiger partial charge in [-0.3, -0.25) is 0 Å². The zero-order valence-corrected chi connectivity index (χ0v) is 7.66. The third kappa shape index (κ3) is 2.10. The molecule has 0 aromatic carbocycles. The van der Waals surface area contributed by atoms with Gasteiger partial charge in [-0.2, -0.15) is 0 Å². The number of nitrogens with one attached hydrogen (secondary N) is 1. The van der Waals surface area contributed by atoms with Gasteiger partial charge in [0.15, 0.2) is 0 Å². The molecule has 0 bridgehead atoms. The molecule has 0 saturated carbocycles. The Morgan fingerprint density at radius 1 is 1.60 bits per heavy atom. The largest absolute Gasteiger partial charge is 0.373 e. The molecule has 0 aromatic heterocycles. The van der Waals surface area contributed by atoms with Crippen LogP contribution in [-0.2, 0) is 0 Å². The molecule has 0 aliphatic heterocycles. The van der Waals surface area contributed by atoms with Crippen LogP contribution in [0.5, 0.6) is 0 Å². The van der Waals surface area contributed by atoms with E-state index in [9.17, 15) is 0 Å². The molecule has 0 radical (unpaired) electrons. The molecule has 0 unspecified atom stereocenters. The van der Waals surface area contributed by atoms with Crippen molar-refractivity contribution in [2.24, 2.45) is 5.92 Å². The monoisotopic (exact) mass is 157 g/mol. The van der Waals surface area contributed by atoms with E-state index >= 15 is 0 Å². The molecule has 0 rings (SSSR count). The van der Waals surface area contributed by atoms with Crippen molar-refractivity contribution in [3.63, 3.8) is 0 Å². The van der Waals surface area contributed by atoms with Crippen LogP contribution >= 0.6 is 12.2 Å². The van der Waals surface area contributed by atoms with Gasteiger partial charge in [0.05, 0.1) is 11.0 Å². The Bertz CT molecular complexity index is 131. The van der Waals surface area contributed by atoms with Crippen LogP contribution in [0.3, 0.4) is 0 Å². The van der Waals surface area contributed by atoms with Crippen molar-refractivity contribution >= 4 is 17.7 Å². The molecule has 0 spiro atoms. The van der Waals surface area contributed by atoms with Gasteiger partial charge in [-0.05, 0) is 12.8 Å². The first-order valence-electron chi connectivity index (χ1n) is 3.41. The van der Waals surface area contributed by atoms with Crippen LogP contribution in [0.4, 0.5) is 0 Å². The first-order chi connectivity index (χ1) is 4.56. The molecule has 0 aromatic rings. The van der Waals surface area contributed by atoms with E-state index in [1.165, 1.54) is 0 Å². The maximum absolute atomic E-state index is 4.70. The first-order valence-corrected chi connectivity index (χ1v) is 3.89. The second kappa shape index (κ2) is 3.71. The Kier molecular flexibility index (Phi) is 3.58. The van der Waals surface area contributed by atoms with E-state index in [0.717, 1.165) is 0 Å². The van der Waals surface area contributed by atoms with Crippen LogP contribution in [0.2, 0.25) is 0 Å². The minimum atomic E-state index is -0.0538. The minimum Gasteiger partial charge on any atom is -0.373 e. The Balaban J connectivity index is 4.21. The Labute approximate surface area is 68.5 Å². The molecule has 0 fully saturated rings. The lowest BCUT2D eigenvalue weighted by molar-refractivity contribution is 0.384. The van der Waals surface area contributed by atoms with Crippen LogP contribution in [0.15, 0.2) is 12.7 Å². The highest BCUT2D eigenvalue weighted by atomic mass is 32.1. The number of thiocarbonyl (C=S) groups is 1. The zero-order valence-electron chi connectivity index (χ0n) is 6.85. The molecule has 58 valence electrons. The third-order valence-corrected chi connectivity index (χ3v) is 2.11. The molecule has 0 amide bonds. The average Bonchev–Trinajstić information content (AvgIpc) is 1.88. The highest BCUT2D eigenvalue weighted by Gasteiger charge is 2.21. The summed E-state index contributed by atoms with van der Waals surface area (Å²) in [5, 5.41) is 3.08.